The van der Waals surface area contributed by atoms with Gasteiger partial charge in [0.05, 0.1) is 23.5 Å². The lowest BCUT2D eigenvalue weighted by atomic mass is 10.0. The smallest absolute Gasteiger partial charge is 0.225 e. The summed E-state index contributed by atoms with van der Waals surface area (Å²) in [6, 6.07) is 15.9. The molecular weight excluding hydrogens is 348 g/mol. The van der Waals surface area contributed by atoms with Crippen LogP contribution in [0.4, 0.5) is 0 Å². The zero-order chi connectivity index (χ0) is 19.7. The van der Waals surface area contributed by atoms with E-state index in [9.17, 15) is 4.79 Å². The molecule has 2 heterocycles. The number of rotatable bonds is 6. The number of aromatic nitrogens is 3. The number of hydrogen-bond donors (Lipinski definition) is 3. The van der Waals surface area contributed by atoms with Gasteiger partial charge in [0.1, 0.15) is 5.82 Å². The second-order valence-corrected chi connectivity index (χ2v) is 7.84. The van der Waals surface area contributed by atoms with Gasteiger partial charge in [-0.25, -0.2) is 4.98 Å². The first-order valence-electron chi connectivity index (χ1n) is 9.81. The molecule has 0 radical (unpaired) electrons. The number of aromatic amines is 2. The molecule has 1 unspecified atom stereocenters. The Balaban J connectivity index is 1.57. The van der Waals surface area contributed by atoms with Gasteiger partial charge in [-0.1, -0.05) is 44.2 Å². The highest BCUT2D eigenvalue weighted by Crippen LogP contribution is 2.24. The number of nitrogens with zero attached hydrogens (tertiary/aromatic N) is 1. The van der Waals surface area contributed by atoms with Crippen LogP contribution in [0.25, 0.3) is 21.9 Å². The largest absolute Gasteiger partial charge is 0.358 e. The standard InChI is InChI=1S/C23H26N4O/c1-14(2)12-21(23-26-19-10-6-7-11-20(19)27-23)25-22(28)13-17-15(3)24-18-9-5-4-8-16(17)18/h4-11,14,21,24H,12-13H2,1-3H3,(H,25,28)(H,26,27). The zero-order valence-electron chi connectivity index (χ0n) is 16.5. The lowest BCUT2D eigenvalue weighted by Gasteiger charge is -2.19. The van der Waals surface area contributed by atoms with Crippen LogP contribution in [0.15, 0.2) is 48.5 Å². The average Bonchev–Trinajstić information content (AvgIpc) is 3.22. The molecule has 2 aromatic heterocycles. The van der Waals surface area contributed by atoms with Gasteiger partial charge in [-0.15, -0.1) is 0 Å². The van der Waals surface area contributed by atoms with E-state index in [1.807, 2.05) is 49.4 Å². The number of para-hydroxylation sites is 3. The van der Waals surface area contributed by atoms with Gasteiger partial charge in [0, 0.05) is 16.6 Å². The predicted octanol–water partition coefficient (Wildman–Crippen LogP) is 4.80. The highest BCUT2D eigenvalue weighted by molar-refractivity contribution is 5.90. The highest BCUT2D eigenvalue weighted by Gasteiger charge is 2.21. The molecule has 0 fully saturated rings. The van der Waals surface area contributed by atoms with Crippen molar-refractivity contribution in [3.8, 4) is 0 Å². The van der Waals surface area contributed by atoms with Crippen LogP contribution in [0.2, 0.25) is 0 Å². The summed E-state index contributed by atoms with van der Waals surface area (Å²) in [5.41, 5.74) is 5.08. The van der Waals surface area contributed by atoms with Gasteiger partial charge in [-0.3, -0.25) is 4.79 Å². The van der Waals surface area contributed by atoms with Gasteiger partial charge in [-0.2, -0.15) is 0 Å². The van der Waals surface area contributed by atoms with E-state index in [4.69, 9.17) is 4.98 Å². The van der Waals surface area contributed by atoms with Gasteiger partial charge < -0.3 is 15.3 Å². The minimum atomic E-state index is -0.134. The van der Waals surface area contributed by atoms with Crippen LogP contribution >= 0.6 is 0 Å². The molecule has 0 spiro atoms. The van der Waals surface area contributed by atoms with Crippen molar-refractivity contribution in [2.45, 2.75) is 39.7 Å². The molecule has 0 saturated heterocycles. The van der Waals surface area contributed by atoms with Gasteiger partial charge in [-0.05, 0) is 43.0 Å². The van der Waals surface area contributed by atoms with Crippen molar-refractivity contribution in [1.29, 1.82) is 0 Å². The van der Waals surface area contributed by atoms with Crippen LogP contribution in [-0.4, -0.2) is 20.9 Å². The Morgan fingerprint density at radius 3 is 2.50 bits per heavy atom. The summed E-state index contributed by atoms with van der Waals surface area (Å²) in [5.74, 6) is 1.27. The van der Waals surface area contributed by atoms with Crippen LogP contribution in [0, 0.1) is 12.8 Å². The summed E-state index contributed by atoms with van der Waals surface area (Å²) < 4.78 is 0. The first-order chi connectivity index (χ1) is 13.5. The maximum atomic E-state index is 12.9. The Morgan fingerprint density at radius 2 is 1.75 bits per heavy atom. The van der Waals surface area contributed by atoms with E-state index in [2.05, 4.69) is 35.2 Å². The van der Waals surface area contributed by atoms with Crippen molar-refractivity contribution >= 4 is 27.8 Å². The summed E-state index contributed by atoms with van der Waals surface area (Å²) in [6.45, 7) is 6.34. The molecule has 1 atom stereocenters. The molecule has 144 valence electrons. The van der Waals surface area contributed by atoms with Crippen molar-refractivity contribution in [3.05, 3.63) is 65.6 Å². The minimum absolute atomic E-state index is 0.0129. The highest BCUT2D eigenvalue weighted by atomic mass is 16.1. The molecule has 4 aromatic rings. The maximum Gasteiger partial charge on any atom is 0.225 e. The summed E-state index contributed by atoms with van der Waals surface area (Å²) in [6.07, 6.45) is 1.18. The van der Waals surface area contributed by atoms with E-state index >= 15 is 0 Å². The molecule has 0 aliphatic rings. The number of carbonyl (C=O) groups excluding carboxylic acids is 1. The van der Waals surface area contributed by atoms with Crippen molar-refractivity contribution in [2.24, 2.45) is 5.92 Å². The molecule has 0 aliphatic heterocycles. The average molecular weight is 374 g/mol. The molecule has 0 saturated carbocycles. The monoisotopic (exact) mass is 374 g/mol. The SMILES string of the molecule is Cc1[nH]c2ccccc2c1CC(=O)NC(CC(C)C)c1nc2ccccc2[nH]1. The second-order valence-electron chi connectivity index (χ2n) is 7.84. The second kappa shape index (κ2) is 7.50. The van der Waals surface area contributed by atoms with Gasteiger partial charge >= 0.3 is 0 Å². The number of fused-ring (bicyclic) bond motifs is 2. The van der Waals surface area contributed by atoms with E-state index in [1.54, 1.807) is 0 Å². The number of nitrogens with one attached hydrogen (secondary N) is 3. The van der Waals surface area contributed by atoms with Crippen molar-refractivity contribution in [2.75, 3.05) is 0 Å². The molecule has 2 aromatic carbocycles. The van der Waals surface area contributed by atoms with Crippen molar-refractivity contribution in [1.82, 2.24) is 20.3 Å². The molecule has 28 heavy (non-hydrogen) atoms. The minimum Gasteiger partial charge on any atom is -0.358 e. The van der Waals surface area contributed by atoms with E-state index in [0.717, 1.165) is 45.4 Å². The fourth-order valence-corrected chi connectivity index (χ4v) is 3.82. The number of amides is 1. The molecule has 5 heteroatoms. The molecule has 5 nitrogen and oxygen atoms in total. The van der Waals surface area contributed by atoms with Crippen molar-refractivity contribution < 1.29 is 4.79 Å². The third-order valence-electron chi connectivity index (χ3n) is 5.14. The first-order valence-corrected chi connectivity index (χ1v) is 9.81. The molecule has 3 N–H and O–H groups in total. The normalized spacial score (nSPS) is 12.7. The Kier molecular flexibility index (Phi) is 4.90. The number of aryl methyl sites for hydroxylation is 1. The fourth-order valence-electron chi connectivity index (χ4n) is 3.82. The van der Waals surface area contributed by atoms with Crippen LogP contribution in [-0.2, 0) is 11.2 Å². The number of benzene rings is 2. The Bertz CT molecular complexity index is 1090. The van der Waals surface area contributed by atoms with Gasteiger partial charge in [0.2, 0.25) is 5.91 Å². The number of imidazole rings is 1. The van der Waals surface area contributed by atoms with Crippen LogP contribution in [0.3, 0.4) is 0 Å². The Hall–Kier alpha value is -3.08. The number of H-pyrrole nitrogens is 2. The van der Waals surface area contributed by atoms with E-state index in [-0.39, 0.29) is 11.9 Å². The third-order valence-corrected chi connectivity index (χ3v) is 5.14. The predicted molar refractivity (Wildman–Crippen MR) is 113 cm³/mol. The van der Waals surface area contributed by atoms with Crippen LogP contribution < -0.4 is 5.32 Å². The zero-order valence-corrected chi connectivity index (χ0v) is 16.5. The van der Waals surface area contributed by atoms with Crippen LogP contribution in [0.5, 0.6) is 0 Å². The van der Waals surface area contributed by atoms with E-state index < -0.39 is 0 Å². The van der Waals surface area contributed by atoms with Gasteiger partial charge in [0.15, 0.2) is 0 Å². The molecule has 1 amide bonds. The summed E-state index contributed by atoms with van der Waals surface area (Å²) in [4.78, 5) is 24.4. The topological polar surface area (TPSA) is 73.6 Å². The van der Waals surface area contributed by atoms with Gasteiger partial charge in [0.25, 0.3) is 0 Å². The molecular formula is C23H26N4O. The lowest BCUT2D eigenvalue weighted by molar-refractivity contribution is -0.121. The first kappa shape index (κ1) is 18.3. The summed E-state index contributed by atoms with van der Waals surface area (Å²) >= 11 is 0. The molecule has 0 bridgehead atoms. The van der Waals surface area contributed by atoms with E-state index in [0.29, 0.717) is 12.3 Å². The van der Waals surface area contributed by atoms with Crippen molar-refractivity contribution in [3.63, 3.8) is 0 Å². The van der Waals surface area contributed by atoms with E-state index in [1.165, 1.54) is 0 Å². The Labute approximate surface area is 164 Å². The van der Waals surface area contributed by atoms with Crippen LogP contribution in [0.1, 0.15) is 43.4 Å². The molecule has 4 rings (SSSR count). The number of carbonyl (C=O) groups is 1. The summed E-state index contributed by atoms with van der Waals surface area (Å²) in [7, 11) is 0. The quantitative estimate of drug-likeness (QED) is 0.453. The number of hydrogen-bond acceptors (Lipinski definition) is 2. The fraction of sp³-hybridized carbons (Fsp3) is 0.304. The maximum absolute atomic E-state index is 12.9. The summed E-state index contributed by atoms with van der Waals surface area (Å²) in [5, 5.41) is 4.32. The lowest BCUT2D eigenvalue weighted by Crippen LogP contribution is -2.31. The molecule has 0 aliphatic carbocycles. The Morgan fingerprint density at radius 1 is 1.04 bits per heavy atom. The third kappa shape index (κ3) is 3.65.